The normalized spacial score (nSPS) is 10.7. The standard InChI is InChI=1S/C23H26N4O/c1-17(2)25-21-16-20(26-22(27-21)19-13-7-4-8-14-19)23(28)24-15-9-12-18-10-5-3-6-11-18/h3-8,10-11,13-14,16-17H,9,12,15H2,1-2H3,(H,24,28)(H,25,26,27). The summed E-state index contributed by atoms with van der Waals surface area (Å²) in [6, 6.07) is 21.9. The van der Waals surface area contributed by atoms with Crippen LogP contribution in [0.15, 0.2) is 66.7 Å². The van der Waals surface area contributed by atoms with E-state index in [0.717, 1.165) is 18.4 Å². The van der Waals surface area contributed by atoms with Gasteiger partial charge in [-0.3, -0.25) is 4.79 Å². The van der Waals surface area contributed by atoms with Gasteiger partial charge in [0.25, 0.3) is 5.91 Å². The van der Waals surface area contributed by atoms with Crippen molar-refractivity contribution in [2.45, 2.75) is 32.7 Å². The summed E-state index contributed by atoms with van der Waals surface area (Å²) in [6.45, 7) is 4.67. The zero-order valence-electron chi connectivity index (χ0n) is 16.4. The molecule has 1 heterocycles. The van der Waals surface area contributed by atoms with Crippen LogP contribution in [0, 0.1) is 0 Å². The Labute approximate surface area is 166 Å². The van der Waals surface area contributed by atoms with Crippen LogP contribution in [0.2, 0.25) is 0 Å². The second kappa shape index (κ2) is 9.65. The number of aromatic nitrogens is 2. The molecule has 0 aliphatic carbocycles. The Morgan fingerprint density at radius 3 is 2.32 bits per heavy atom. The minimum atomic E-state index is -0.181. The van der Waals surface area contributed by atoms with E-state index in [2.05, 4.69) is 32.7 Å². The zero-order valence-corrected chi connectivity index (χ0v) is 16.4. The molecule has 5 heteroatoms. The molecule has 5 nitrogen and oxygen atoms in total. The van der Waals surface area contributed by atoms with E-state index < -0.39 is 0 Å². The Hall–Kier alpha value is -3.21. The topological polar surface area (TPSA) is 66.9 Å². The first-order valence-corrected chi connectivity index (χ1v) is 9.65. The summed E-state index contributed by atoms with van der Waals surface area (Å²) in [5.41, 5.74) is 2.53. The van der Waals surface area contributed by atoms with Crippen molar-refractivity contribution < 1.29 is 4.79 Å². The Morgan fingerprint density at radius 2 is 1.64 bits per heavy atom. The van der Waals surface area contributed by atoms with Crippen LogP contribution >= 0.6 is 0 Å². The van der Waals surface area contributed by atoms with Crippen molar-refractivity contribution in [3.8, 4) is 11.4 Å². The van der Waals surface area contributed by atoms with Crippen LogP contribution in [-0.4, -0.2) is 28.5 Å². The van der Waals surface area contributed by atoms with E-state index in [-0.39, 0.29) is 11.9 Å². The number of carbonyl (C=O) groups is 1. The van der Waals surface area contributed by atoms with E-state index in [0.29, 0.717) is 23.9 Å². The summed E-state index contributed by atoms with van der Waals surface area (Å²) in [7, 11) is 0. The second-order valence-corrected chi connectivity index (χ2v) is 6.97. The first-order valence-electron chi connectivity index (χ1n) is 9.65. The lowest BCUT2D eigenvalue weighted by atomic mass is 10.1. The van der Waals surface area contributed by atoms with Gasteiger partial charge in [-0.15, -0.1) is 0 Å². The minimum absolute atomic E-state index is 0.181. The van der Waals surface area contributed by atoms with E-state index in [4.69, 9.17) is 0 Å². The fraction of sp³-hybridized carbons (Fsp3) is 0.261. The smallest absolute Gasteiger partial charge is 0.270 e. The van der Waals surface area contributed by atoms with Crippen LogP contribution in [-0.2, 0) is 6.42 Å². The first kappa shape index (κ1) is 19.5. The number of hydrogen-bond donors (Lipinski definition) is 2. The van der Waals surface area contributed by atoms with Gasteiger partial charge in [0, 0.05) is 24.2 Å². The van der Waals surface area contributed by atoms with Gasteiger partial charge < -0.3 is 10.6 Å². The molecule has 28 heavy (non-hydrogen) atoms. The molecule has 1 amide bonds. The van der Waals surface area contributed by atoms with E-state index in [1.54, 1.807) is 6.07 Å². The molecule has 0 radical (unpaired) electrons. The third-order valence-corrected chi connectivity index (χ3v) is 4.20. The molecule has 1 aromatic heterocycles. The molecule has 3 rings (SSSR count). The molecule has 3 aromatic rings. The van der Waals surface area contributed by atoms with Crippen LogP contribution in [0.25, 0.3) is 11.4 Å². The van der Waals surface area contributed by atoms with Gasteiger partial charge in [-0.2, -0.15) is 0 Å². The van der Waals surface area contributed by atoms with Gasteiger partial charge in [0.15, 0.2) is 5.82 Å². The van der Waals surface area contributed by atoms with Gasteiger partial charge in [-0.1, -0.05) is 60.7 Å². The number of benzene rings is 2. The molecule has 0 saturated carbocycles. The van der Waals surface area contributed by atoms with Crippen LogP contribution < -0.4 is 10.6 Å². The molecular formula is C23H26N4O. The molecule has 2 aromatic carbocycles. The molecule has 2 N–H and O–H groups in total. The van der Waals surface area contributed by atoms with Gasteiger partial charge >= 0.3 is 0 Å². The largest absolute Gasteiger partial charge is 0.368 e. The SMILES string of the molecule is CC(C)Nc1cc(C(=O)NCCCc2ccccc2)nc(-c2ccccc2)n1. The van der Waals surface area contributed by atoms with Crippen molar-refractivity contribution in [2.75, 3.05) is 11.9 Å². The van der Waals surface area contributed by atoms with Crippen molar-refractivity contribution >= 4 is 11.7 Å². The number of amides is 1. The van der Waals surface area contributed by atoms with Crippen molar-refractivity contribution in [2.24, 2.45) is 0 Å². The molecule has 0 fully saturated rings. The number of carbonyl (C=O) groups excluding carboxylic acids is 1. The highest BCUT2D eigenvalue weighted by Gasteiger charge is 2.13. The maximum atomic E-state index is 12.6. The number of anilines is 1. The third-order valence-electron chi connectivity index (χ3n) is 4.20. The Kier molecular flexibility index (Phi) is 6.73. The van der Waals surface area contributed by atoms with Gasteiger partial charge in [-0.25, -0.2) is 9.97 Å². The Morgan fingerprint density at radius 1 is 0.964 bits per heavy atom. The highest BCUT2D eigenvalue weighted by molar-refractivity contribution is 5.93. The highest BCUT2D eigenvalue weighted by atomic mass is 16.1. The summed E-state index contributed by atoms with van der Waals surface area (Å²) in [4.78, 5) is 21.7. The number of hydrogen-bond acceptors (Lipinski definition) is 4. The summed E-state index contributed by atoms with van der Waals surface area (Å²) in [6.07, 6.45) is 1.81. The fourth-order valence-electron chi connectivity index (χ4n) is 2.88. The highest BCUT2D eigenvalue weighted by Crippen LogP contribution is 2.18. The monoisotopic (exact) mass is 374 g/mol. The van der Waals surface area contributed by atoms with E-state index in [1.807, 2.05) is 62.4 Å². The van der Waals surface area contributed by atoms with Crippen LogP contribution in [0.4, 0.5) is 5.82 Å². The average molecular weight is 374 g/mol. The molecule has 0 aliphatic heterocycles. The molecule has 0 aliphatic rings. The van der Waals surface area contributed by atoms with Crippen molar-refractivity contribution in [3.63, 3.8) is 0 Å². The maximum absolute atomic E-state index is 12.6. The molecule has 0 spiro atoms. The van der Waals surface area contributed by atoms with Crippen molar-refractivity contribution in [1.82, 2.24) is 15.3 Å². The summed E-state index contributed by atoms with van der Waals surface area (Å²) in [5, 5.41) is 6.24. The second-order valence-electron chi connectivity index (χ2n) is 6.97. The summed E-state index contributed by atoms with van der Waals surface area (Å²) >= 11 is 0. The molecule has 0 unspecified atom stereocenters. The Bertz CT molecular complexity index is 895. The van der Waals surface area contributed by atoms with E-state index >= 15 is 0 Å². The van der Waals surface area contributed by atoms with Gasteiger partial charge in [0.2, 0.25) is 0 Å². The van der Waals surface area contributed by atoms with Crippen LogP contribution in [0.5, 0.6) is 0 Å². The lowest BCUT2D eigenvalue weighted by Gasteiger charge is -2.12. The van der Waals surface area contributed by atoms with Crippen molar-refractivity contribution in [1.29, 1.82) is 0 Å². The van der Waals surface area contributed by atoms with Gasteiger partial charge in [0.1, 0.15) is 11.5 Å². The fourth-order valence-corrected chi connectivity index (χ4v) is 2.88. The third kappa shape index (κ3) is 5.64. The number of nitrogens with one attached hydrogen (secondary N) is 2. The van der Waals surface area contributed by atoms with Crippen LogP contribution in [0.3, 0.4) is 0 Å². The van der Waals surface area contributed by atoms with E-state index in [1.165, 1.54) is 5.56 Å². The van der Waals surface area contributed by atoms with Crippen molar-refractivity contribution in [3.05, 3.63) is 78.0 Å². The quantitative estimate of drug-likeness (QED) is 0.576. The lowest BCUT2D eigenvalue weighted by Crippen LogP contribution is -2.26. The first-order chi connectivity index (χ1) is 13.6. The summed E-state index contributed by atoms with van der Waals surface area (Å²) in [5.74, 6) is 1.01. The predicted molar refractivity (Wildman–Crippen MR) is 113 cm³/mol. The molecule has 144 valence electrons. The molecule has 0 bridgehead atoms. The number of nitrogens with zero attached hydrogens (tertiary/aromatic N) is 2. The van der Waals surface area contributed by atoms with Gasteiger partial charge in [0.05, 0.1) is 0 Å². The molecule has 0 atom stereocenters. The number of aryl methyl sites for hydroxylation is 1. The average Bonchev–Trinajstić information content (AvgIpc) is 2.72. The minimum Gasteiger partial charge on any atom is -0.368 e. The summed E-state index contributed by atoms with van der Waals surface area (Å²) < 4.78 is 0. The molecule has 0 saturated heterocycles. The zero-order chi connectivity index (χ0) is 19.8. The lowest BCUT2D eigenvalue weighted by molar-refractivity contribution is 0.0948. The van der Waals surface area contributed by atoms with Crippen LogP contribution in [0.1, 0.15) is 36.3 Å². The van der Waals surface area contributed by atoms with E-state index in [9.17, 15) is 4.79 Å². The molecular weight excluding hydrogens is 348 g/mol. The van der Waals surface area contributed by atoms with Gasteiger partial charge in [-0.05, 0) is 32.3 Å². The maximum Gasteiger partial charge on any atom is 0.270 e. The predicted octanol–water partition coefficient (Wildman–Crippen LogP) is 4.33. The Balaban J connectivity index is 1.69. The number of rotatable bonds is 8.